The Morgan fingerprint density at radius 3 is 2.80 bits per heavy atom. The standard InChI is InChI=1S/C16H19N3O/c1-16(2,3)13(20)10-14-18-12-7-5-4-6-11(12)15-17-8-9-19(14)15/h4-7,10,20H,8-9H2,1-3H3/b13-10-. The summed E-state index contributed by atoms with van der Waals surface area (Å²) >= 11 is 0. The lowest BCUT2D eigenvalue weighted by Crippen LogP contribution is -2.36. The Hall–Kier alpha value is -2.10. The predicted molar refractivity (Wildman–Crippen MR) is 81.8 cm³/mol. The fraction of sp³-hybridized carbons (Fsp3) is 0.375. The van der Waals surface area contributed by atoms with E-state index >= 15 is 0 Å². The Kier molecular flexibility index (Phi) is 2.89. The molecule has 104 valence electrons. The van der Waals surface area contributed by atoms with E-state index in [0.717, 1.165) is 36.0 Å². The number of aliphatic imine (C=N–C) groups is 2. The van der Waals surface area contributed by atoms with Crippen LogP contribution in [-0.2, 0) is 0 Å². The number of hydrogen-bond donors (Lipinski definition) is 1. The number of nitrogens with zero attached hydrogens (tertiary/aromatic N) is 3. The molecule has 4 nitrogen and oxygen atoms in total. The molecular formula is C16H19N3O. The lowest BCUT2D eigenvalue weighted by Gasteiger charge is -2.27. The largest absolute Gasteiger partial charge is 0.512 e. The highest BCUT2D eigenvalue weighted by atomic mass is 16.3. The van der Waals surface area contributed by atoms with E-state index < -0.39 is 0 Å². The van der Waals surface area contributed by atoms with Crippen LogP contribution in [0.4, 0.5) is 5.69 Å². The van der Waals surface area contributed by atoms with Crippen molar-refractivity contribution >= 4 is 17.4 Å². The molecule has 0 amide bonds. The van der Waals surface area contributed by atoms with E-state index in [9.17, 15) is 5.11 Å². The number of allylic oxidation sites excluding steroid dienone is 1. The van der Waals surface area contributed by atoms with E-state index in [2.05, 4.69) is 14.9 Å². The lowest BCUT2D eigenvalue weighted by molar-refractivity contribution is 0.278. The van der Waals surface area contributed by atoms with Gasteiger partial charge in [0.15, 0.2) is 0 Å². The maximum absolute atomic E-state index is 10.2. The van der Waals surface area contributed by atoms with Crippen LogP contribution in [-0.4, -0.2) is 34.8 Å². The summed E-state index contributed by atoms with van der Waals surface area (Å²) in [6.45, 7) is 7.53. The minimum atomic E-state index is -0.281. The maximum atomic E-state index is 10.2. The highest BCUT2D eigenvalue weighted by molar-refractivity contribution is 6.18. The third-order valence-electron chi connectivity index (χ3n) is 3.53. The van der Waals surface area contributed by atoms with Gasteiger partial charge in [-0.1, -0.05) is 32.9 Å². The van der Waals surface area contributed by atoms with Gasteiger partial charge in [-0.05, 0) is 12.1 Å². The third-order valence-corrected chi connectivity index (χ3v) is 3.53. The molecule has 1 N–H and O–H groups in total. The van der Waals surface area contributed by atoms with Gasteiger partial charge < -0.3 is 10.0 Å². The molecule has 2 heterocycles. The van der Waals surface area contributed by atoms with Gasteiger partial charge in [0.05, 0.1) is 12.2 Å². The van der Waals surface area contributed by atoms with E-state index in [4.69, 9.17) is 0 Å². The first-order chi connectivity index (χ1) is 9.47. The van der Waals surface area contributed by atoms with E-state index in [1.165, 1.54) is 0 Å². The van der Waals surface area contributed by atoms with Crippen LogP contribution >= 0.6 is 0 Å². The quantitative estimate of drug-likeness (QED) is 0.795. The smallest absolute Gasteiger partial charge is 0.138 e. The van der Waals surface area contributed by atoms with Gasteiger partial charge in [-0.2, -0.15) is 0 Å². The first-order valence-electron chi connectivity index (χ1n) is 6.88. The maximum Gasteiger partial charge on any atom is 0.138 e. The second kappa shape index (κ2) is 4.47. The second-order valence-electron chi connectivity index (χ2n) is 6.12. The lowest BCUT2D eigenvalue weighted by atomic mass is 9.93. The zero-order valence-electron chi connectivity index (χ0n) is 12.1. The van der Waals surface area contributed by atoms with Crippen molar-refractivity contribution in [3.05, 3.63) is 41.7 Å². The van der Waals surface area contributed by atoms with Gasteiger partial charge in [-0.25, -0.2) is 4.99 Å². The Morgan fingerprint density at radius 2 is 2.05 bits per heavy atom. The SMILES string of the molecule is CC(C)(C)/C(O)=C/C1=Nc2ccccc2C2=NCCN12. The van der Waals surface area contributed by atoms with E-state index in [0.29, 0.717) is 5.76 Å². The number of aliphatic hydroxyl groups is 1. The molecule has 0 spiro atoms. The summed E-state index contributed by atoms with van der Waals surface area (Å²) in [5.41, 5.74) is 1.70. The van der Waals surface area contributed by atoms with Gasteiger partial charge in [0, 0.05) is 23.6 Å². The van der Waals surface area contributed by atoms with Crippen molar-refractivity contribution in [1.29, 1.82) is 0 Å². The van der Waals surface area contributed by atoms with Gasteiger partial charge in [-0.3, -0.25) is 4.99 Å². The Balaban J connectivity index is 2.09. The van der Waals surface area contributed by atoms with Crippen LogP contribution < -0.4 is 0 Å². The summed E-state index contributed by atoms with van der Waals surface area (Å²) in [6, 6.07) is 7.99. The number of rotatable bonds is 1. The Bertz CT molecular complexity index is 635. The van der Waals surface area contributed by atoms with Crippen LogP contribution in [0, 0.1) is 5.41 Å². The van der Waals surface area contributed by atoms with Gasteiger partial charge in [-0.15, -0.1) is 0 Å². The van der Waals surface area contributed by atoms with Crippen LogP contribution in [0.1, 0.15) is 26.3 Å². The summed E-state index contributed by atoms with van der Waals surface area (Å²) in [7, 11) is 0. The van der Waals surface area contributed by atoms with E-state index in [1.54, 1.807) is 6.08 Å². The molecule has 0 radical (unpaired) electrons. The fourth-order valence-electron chi connectivity index (χ4n) is 2.29. The minimum Gasteiger partial charge on any atom is -0.512 e. The highest BCUT2D eigenvalue weighted by Crippen LogP contribution is 2.30. The van der Waals surface area contributed by atoms with Crippen LogP contribution in [0.5, 0.6) is 0 Å². The zero-order chi connectivity index (χ0) is 14.3. The molecule has 2 aliphatic heterocycles. The number of fused-ring (bicyclic) bond motifs is 3. The van der Waals surface area contributed by atoms with Crippen molar-refractivity contribution in [2.45, 2.75) is 20.8 Å². The predicted octanol–water partition coefficient (Wildman–Crippen LogP) is 3.28. The number of amidine groups is 2. The van der Waals surface area contributed by atoms with Gasteiger partial charge in [0.2, 0.25) is 0 Å². The normalized spacial score (nSPS) is 18.4. The molecule has 20 heavy (non-hydrogen) atoms. The van der Waals surface area contributed by atoms with Crippen molar-refractivity contribution in [1.82, 2.24) is 4.90 Å². The molecule has 0 aromatic heterocycles. The molecule has 0 saturated heterocycles. The molecule has 0 bridgehead atoms. The molecule has 0 aliphatic carbocycles. The molecular weight excluding hydrogens is 250 g/mol. The first-order valence-corrected chi connectivity index (χ1v) is 6.88. The highest BCUT2D eigenvalue weighted by Gasteiger charge is 2.29. The number of para-hydroxylation sites is 1. The van der Waals surface area contributed by atoms with Crippen LogP contribution in [0.3, 0.4) is 0 Å². The molecule has 2 aliphatic rings. The number of benzene rings is 1. The third kappa shape index (κ3) is 2.11. The molecule has 1 aromatic carbocycles. The minimum absolute atomic E-state index is 0.281. The summed E-state index contributed by atoms with van der Waals surface area (Å²) in [6.07, 6.45) is 1.76. The molecule has 0 unspecified atom stereocenters. The van der Waals surface area contributed by atoms with Gasteiger partial charge >= 0.3 is 0 Å². The summed E-state index contributed by atoms with van der Waals surface area (Å²) < 4.78 is 0. The fourth-order valence-corrected chi connectivity index (χ4v) is 2.29. The summed E-state index contributed by atoms with van der Waals surface area (Å²) in [5.74, 6) is 2.07. The Morgan fingerprint density at radius 1 is 1.30 bits per heavy atom. The molecule has 0 atom stereocenters. The van der Waals surface area contributed by atoms with E-state index in [1.807, 2.05) is 45.0 Å². The summed E-state index contributed by atoms with van der Waals surface area (Å²) in [5, 5.41) is 10.2. The average molecular weight is 269 g/mol. The molecule has 1 aromatic rings. The van der Waals surface area contributed by atoms with Crippen molar-refractivity contribution in [2.75, 3.05) is 13.1 Å². The summed E-state index contributed by atoms with van der Waals surface area (Å²) in [4.78, 5) is 11.3. The van der Waals surface area contributed by atoms with Crippen molar-refractivity contribution in [2.24, 2.45) is 15.4 Å². The van der Waals surface area contributed by atoms with Gasteiger partial charge in [0.1, 0.15) is 17.4 Å². The van der Waals surface area contributed by atoms with Crippen molar-refractivity contribution < 1.29 is 5.11 Å². The topological polar surface area (TPSA) is 48.2 Å². The van der Waals surface area contributed by atoms with Crippen molar-refractivity contribution in [3.8, 4) is 0 Å². The monoisotopic (exact) mass is 269 g/mol. The number of aliphatic hydroxyl groups excluding tert-OH is 1. The first kappa shape index (κ1) is 12.9. The molecule has 3 rings (SSSR count). The number of hydrogen-bond acceptors (Lipinski definition) is 4. The molecule has 0 fully saturated rings. The average Bonchev–Trinajstić information content (AvgIpc) is 2.87. The van der Waals surface area contributed by atoms with Gasteiger partial charge in [0.25, 0.3) is 0 Å². The van der Waals surface area contributed by atoms with E-state index in [-0.39, 0.29) is 5.41 Å². The molecule has 4 heteroatoms. The zero-order valence-corrected chi connectivity index (χ0v) is 12.1. The van der Waals surface area contributed by atoms with Crippen LogP contribution in [0.15, 0.2) is 46.1 Å². The second-order valence-corrected chi connectivity index (χ2v) is 6.12. The van der Waals surface area contributed by atoms with Crippen LogP contribution in [0.2, 0.25) is 0 Å². The van der Waals surface area contributed by atoms with Crippen molar-refractivity contribution in [3.63, 3.8) is 0 Å². The Labute approximate surface area is 119 Å². The van der Waals surface area contributed by atoms with Crippen LogP contribution in [0.25, 0.3) is 0 Å². The molecule has 0 saturated carbocycles.